The first-order chi connectivity index (χ1) is 15.0. The molecule has 0 saturated heterocycles. The van der Waals surface area contributed by atoms with Crippen LogP contribution in [0.5, 0.6) is 0 Å². The molecule has 0 heterocycles. The van der Waals surface area contributed by atoms with Gasteiger partial charge in [0.05, 0.1) is 6.10 Å². The molecule has 0 aromatic heterocycles. The van der Waals surface area contributed by atoms with Crippen molar-refractivity contribution in [1.82, 2.24) is 0 Å². The summed E-state index contributed by atoms with van der Waals surface area (Å²) in [6.45, 7) is 3.77. The van der Waals surface area contributed by atoms with E-state index in [2.05, 4.69) is 6.92 Å². The SMILES string of the molecule is CCCC1=CC=C(C(F)(F)OC2CCC(C3CCC(CCC)CC3)CC2)C(F)(F)C1(F)F. The van der Waals surface area contributed by atoms with Gasteiger partial charge in [-0.05, 0) is 68.8 Å². The Labute approximate surface area is 187 Å². The van der Waals surface area contributed by atoms with Gasteiger partial charge in [0, 0.05) is 5.57 Å². The van der Waals surface area contributed by atoms with E-state index in [0.29, 0.717) is 36.8 Å². The Hall–Kier alpha value is -0.980. The molecule has 0 unspecified atom stereocenters. The number of alkyl halides is 6. The number of rotatable bonds is 8. The number of hydrogen-bond acceptors (Lipinski definition) is 1. The number of ether oxygens (including phenoxy) is 1. The average molecular weight is 467 g/mol. The fourth-order valence-electron chi connectivity index (χ4n) is 5.86. The van der Waals surface area contributed by atoms with E-state index >= 15 is 0 Å². The summed E-state index contributed by atoms with van der Waals surface area (Å²) in [5.41, 5.74) is -2.76. The van der Waals surface area contributed by atoms with E-state index in [0.717, 1.165) is 31.6 Å². The largest absolute Gasteiger partial charge is 0.385 e. The van der Waals surface area contributed by atoms with Crippen LogP contribution in [0, 0.1) is 17.8 Å². The van der Waals surface area contributed by atoms with Gasteiger partial charge in [-0.1, -0.05) is 52.0 Å². The molecule has 0 aromatic carbocycles. The van der Waals surface area contributed by atoms with Gasteiger partial charge in [0.2, 0.25) is 0 Å². The third-order valence-corrected chi connectivity index (χ3v) is 7.71. The second-order valence-electron chi connectivity index (χ2n) is 9.91. The molecule has 32 heavy (non-hydrogen) atoms. The molecule has 7 heteroatoms. The van der Waals surface area contributed by atoms with Gasteiger partial charge in [-0.2, -0.15) is 26.3 Å². The van der Waals surface area contributed by atoms with E-state index in [1.165, 1.54) is 25.7 Å². The monoisotopic (exact) mass is 466 g/mol. The lowest BCUT2D eigenvalue weighted by Crippen LogP contribution is -2.51. The summed E-state index contributed by atoms with van der Waals surface area (Å²) in [5.74, 6) is -7.79. The van der Waals surface area contributed by atoms with Crippen molar-refractivity contribution in [2.24, 2.45) is 17.8 Å². The van der Waals surface area contributed by atoms with Gasteiger partial charge >= 0.3 is 18.0 Å². The third kappa shape index (κ3) is 5.23. The van der Waals surface area contributed by atoms with Crippen molar-refractivity contribution in [3.63, 3.8) is 0 Å². The molecular weight excluding hydrogens is 430 g/mol. The van der Waals surface area contributed by atoms with Crippen LogP contribution in [-0.2, 0) is 4.74 Å². The van der Waals surface area contributed by atoms with Crippen molar-refractivity contribution in [3.8, 4) is 0 Å². The molecule has 3 rings (SSSR count). The quantitative estimate of drug-likeness (QED) is 0.325. The zero-order valence-corrected chi connectivity index (χ0v) is 19.1. The predicted octanol–water partition coefficient (Wildman–Crippen LogP) is 8.70. The van der Waals surface area contributed by atoms with E-state index < -0.39 is 35.2 Å². The predicted molar refractivity (Wildman–Crippen MR) is 113 cm³/mol. The molecule has 0 aromatic rings. The van der Waals surface area contributed by atoms with Crippen LogP contribution in [0.1, 0.15) is 90.9 Å². The van der Waals surface area contributed by atoms with Gasteiger partial charge in [0.15, 0.2) is 0 Å². The summed E-state index contributed by atoms with van der Waals surface area (Å²) in [5, 5.41) is 0. The van der Waals surface area contributed by atoms with Crippen LogP contribution in [-0.4, -0.2) is 24.1 Å². The van der Waals surface area contributed by atoms with Crippen LogP contribution in [0.2, 0.25) is 0 Å². The fourth-order valence-corrected chi connectivity index (χ4v) is 5.86. The molecule has 3 aliphatic carbocycles. The van der Waals surface area contributed by atoms with Crippen molar-refractivity contribution in [2.75, 3.05) is 0 Å². The summed E-state index contributed by atoms with van der Waals surface area (Å²) >= 11 is 0. The zero-order valence-electron chi connectivity index (χ0n) is 19.1. The molecule has 0 amide bonds. The summed E-state index contributed by atoms with van der Waals surface area (Å²) in [7, 11) is 0. The Morgan fingerprint density at radius 1 is 0.812 bits per heavy atom. The molecule has 2 fully saturated rings. The highest BCUT2D eigenvalue weighted by molar-refractivity contribution is 5.40. The lowest BCUT2D eigenvalue weighted by molar-refractivity contribution is -0.274. The van der Waals surface area contributed by atoms with E-state index in [1.54, 1.807) is 6.92 Å². The molecule has 2 saturated carbocycles. The van der Waals surface area contributed by atoms with Crippen LogP contribution in [0.4, 0.5) is 26.3 Å². The maximum atomic E-state index is 14.7. The van der Waals surface area contributed by atoms with Crippen molar-refractivity contribution in [1.29, 1.82) is 0 Å². The highest BCUT2D eigenvalue weighted by atomic mass is 19.3. The lowest BCUT2D eigenvalue weighted by atomic mass is 9.70. The topological polar surface area (TPSA) is 9.23 Å². The van der Waals surface area contributed by atoms with Gasteiger partial charge in [0.1, 0.15) is 5.57 Å². The summed E-state index contributed by atoms with van der Waals surface area (Å²) < 4.78 is 91.6. The minimum Gasteiger partial charge on any atom is -0.313 e. The van der Waals surface area contributed by atoms with Gasteiger partial charge < -0.3 is 4.74 Å². The van der Waals surface area contributed by atoms with E-state index in [1.807, 2.05) is 0 Å². The Morgan fingerprint density at radius 2 is 1.38 bits per heavy atom. The molecule has 184 valence electrons. The van der Waals surface area contributed by atoms with Crippen LogP contribution in [0.3, 0.4) is 0 Å². The highest BCUT2D eigenvalue weighted by Crippen LogP contribution is 2.53. The maximum absolute atomic E-state index is 14.7. The average Bonchev–Trinajstić information content (AvgIpc) is 2.73. The second-order valence-corrected chi connectivity index (χ2v) is 9.91. The lowest BCUT2D eigenvalue weighted by Gasteiger charge is -2.40. The summed E-state index contributed by atoms with van der Waals surface area (Å²) in [4.78, 5) is 0. The number of allylic oxidation sites excluding steroid dienone is 3. The fraction of sp³-hybridized carbons (Fsp3) is 0.840. The van der Waals surface area contributed by atoms with Crippen LogP contribution >= 0.6 is 0 Å². The molecule has 0 atom stereocenters. The minimum atomic E-state index is -4.98. The first-order valence-electron chi connectivity index (χ1n) is 12.3. The Morgan fingerprint density at radius 3 is 1.91 bits per heavy atom. The van der Waals surface area contributed by atoms with E-state index in [4.69, 9.17) is 4.74 Å². The molecule has 0 spiro atoms. The first kappa shape index (κ1) is 25.6. The van der Waals surface area contributed by atoms with Gasteiger partial charge in [0.25, 0.3) is 0 Å². The van der Waals surface area contributed by atoms with Gasteiger partial charge in [-0.25, -0.2) is 0 Å². The number of halogens is 6. The first-order valence-corrected chi connectivity index (χ1v) is 12.3. The van der Waals surface area contributed by atoms with E-state index in [-0.39, 0.29) is 12.8 Å². The van der Waals surface area contributed by atoms with Crippen molar-refractivity contribution in [3.05, 3.63) is 23.3 Å². The van der Waals surface area contributed by atoms with Crippen molar-refractivity contribution >= 4 is 0 Å². The smallest absolute Gasteiger partial charge is 0.313 e. The maximum Gasteiger partial charge on any atom is 0.385 e. The van der Waals surface area contributed by atoms with Gasteiger partial charge in [-0.3, -0.25) is 0 Å². The highest BCUT2D eigenvalue weighted by Gasteiger charge is 2.67. The van der Waals surface area contributed by atoms with E-state index in [9.17, 15) is 26.3 Å². The summed E-state index contributed by atoms with van der Waals surface area (Å²) in [6.07, 6.45) is 5.11. The van der Waals surface area contributed by atoms with Crippen molar-refractivity contribution < 1.29 is 31.1 Å². The molecule has 0 aliphatic heterocycles. The van der Waals surface area contributed by atoms with Crippen LogP contribution in [0.15, 0.2) is 23.3 Å². The van der Waals surface area contributed by atoms with Crippen LogP contribution < -0.4 is 0 Å². The molecule has 0 N–H and O–H groups in total. The summed E-state index contributed by atoms with van der Waals surface area (Å²) in [6, 6.07) is 0. The Kier molecular flexibility index (Phi) is 8.10. The Bertz CT molecular complexity index is 683. The zero-order chi connectivity index (χ0) is 23.6. The molecule has 1 nitrogen and oxygen atoms in total. The second kappa shape index (κ2) is 10.1. The standard InChI is InChI=1S/C25H36F6O/c1-3-5-17-7-9-18(10-8-17)19-11-14-21(15-12-19)32-25(30,31)22-16-13-20(6-4-2)23(26,27)24(22,28)29/h13,16-19,21H,3-12,14-15H2,1-2H3. The molecule has 0 radical (unpaired) electrons. The van der Waals surface area contributed by atoms with Crippen molar-refractivity contribution in [2.45, 2.75) is 115 Å². The van der Waals surface area contributed by atoms with Crippen LogP contribution in [0.25, 0.3) is 0 Å². The normalized spacial score (nSPS) is 32.9. The third-order valence-electron chi connectivity index (χ3n) is 7.71. The molecule has 0 bridgehead atoms. The minimum absolute atomic E-state index is 0.219. The number of hydrogen-bond donors (Lipinski definition) is 0. The molecule has 3 aliphatic rings. The molecular formula is C25H36F6O. The Balaban J connectivity index is 1.58. The van der Waals surface area contributed by atoms with Gasteiger partial charge in [-0.15, -0.1) is 0 Å².